The summed E-state index contributed by atoms with van der Waals surface area (Å²) < 4.78 is 4.95. The van der Waals surface area contributed by atoms with Crippen LogP contribution in [0.15, 0.2) is 24.4 Å². The van der Waals surface area contributed by atoms with Crippen molar-refractivity contribution in [1.82, 2.24) is 9.88 Å². The Morgan fingerprint density at radius 1 is 1.53 bits per heavy atom. The number of ether oxygens (including phenoxy) is 1. The van der Waals surface area contributed by atoms with Crippen LogP contribution in [0.2, 0.25) is 0 Å². The van der Waals surface area contributed by atoms with Crippen LogP contribution < -0.4 is 5.73 Å². The summed E-state index contributed by atoms with van der Waals surface area (Å²) in [6.45, 7) is 1.27. The van der Waals surface area contributed by atoms with Crippen LogP contribution >= 0.6 is 0 Å². The number of pyridine rings is 1. The van der Waals surface area contributed by atoms with Gasteiger partial charge in [-0.25, -0.2) is 0 Å². The maximum atomic E-state index is 12.0. The lowest BCUT2D eigenvalue weighted by Crippen LogP contribution is -2.42. The fourth-order valence-corrected chi connectivity index (χ4v) is 1.79. The lowest BCUT2D eigenvalue weighted by molar-refractivity contribution is -0.131. The second-order valence-corrected chi connectivity index (χ2v) is 4.57. The Morgan fingerprint density at radius 3 is 2.95 bits per heavy atom. The zero-order valence-electron chi connectivity index (χ0n) is 11.7. The molecule has 1 aromatic heterocycles. The second-order valence-electron chi connectivity index (χ2n) is 4.57. The summed E-state index contributed by atoms with van der Waals surface area (Å²) in [5, 5.41) is 0. The minimum Gasteiger partial charge on any atom is -0.385 e. The summed E-state index contributed by atoms with van der Waals surface area (Å²) in [6, 6.07) is 5.34. The van der Waals surface area contributed by atoms with Gasteiger partial charge in [0.05, 0.1) is 6.04 Å². The highest BCUT2D eigenvalue weighted by molar-refractivity contribution is 5.81. The van der Waals surface area contributed by atoms with Gasteiger partial charge in [0, 0.05) is 45.6 Å². The van der Waals surface area contributed by atoms with E-state index in [4.69, 9.17) is 10.5 Å². The highest BCUT2D eigenvalue weighted by atomic mass is 16.5. The second kappa shape index (κ2) is 8.61. The Balaban J connectivity index is 2.31. The molecule has 0 aromatic carbocycles. The Labute approximate surface area is 114 Å². The van der Waals surface area contributed by atoms with E-state index in [9.17, 15) is 4.79 Å². The summed E-state index contributed by atoms with van der Waals surface area (Å²) in [5.41, 5.74) is 6.85. The van der Waals surface area contributed by atoms with Gasteiger partial charge in [-0.1, -0.05) is 6.07 Å². The minimum atomic E-state index is -0.441. The number of aromatic nitrogens is 1. The maximum absolute atomic E-state index is 12.0. The predicted octanol–water partition coefficient (Wildman–Crippen LogP) is 0.836. The molecule has 1 heterocycles. The maximum Gasteiger partial charge on any atom is 0.239 e. The number of nitrogens with zero attached hydrogens (tertiary/aromatic N) is 2. The molecule has 0 saturated heterocycles. The third-order valence-electron chi connectivity index (χ3n) is 2.99. The molecule has 1 aromatic rings. The van der Waals surface area contributed by atoms with E-state index in [2.05, 4.69) is 4.98 Å². The van der Waals surface area contributed by atoms with E-state index >= 15 is 0 Å². The lowest BCUT2D eigenvalue weighted by atomic mass is 10.1. The molecule has 0 radical (unpaired) electrons. The van der Waals surface area contributed by atoms with Crippen LogP contribution in [-0.4, -0.2) is 49.1 Å². The van der Waals surface area contributed by atoms with Gasteiger partial charge >= 0.3 is 0 Å². The predicted molar refractivity (Wildman–Crippen MR) is 74.7 cm³/mol. The van der Waals surface area contributed by atoms with Crippen LogP contribution in [0.3, 0.4) is 0 Å². The van der Waals surface area contributed by atoms with E-state index in [1.165, 1.54) is 0 Å². The number of carbonyl (C=O) groups excluding carboxylic acids is 1. The Kier molecular flexibility index (Phi) is 7.07. The SMILES string of the molecule is COCCCC(N)C(=O)N(C)CCc1ccccn1. The van der Waals surface area contributed by atoms with Crippen LogP contribution in [0.25, 0.3) is 0 Å². The summed E-state index contributed by atoms with van der Waals surface area (Å²) in [6.07, 6.45) is 3.96. The number of likely N-dealkylation sites (N-methyl/N-ethyl adjacent to an activating group) is 1. The molecule has 1 unspecified atom stereocenters. The van der Waals surface area contributed by atoms with Crippen molar-refractivity contribution in [3.63, 3.8) is 0 Å². The average molecular weight is 265 g/mol. The van der Waals surface area contributed by atoms with Gasteiger partial charge in [-0.15, -0.1) is 0 Å². The molecule has 0 aliphatic carbocycles. The van der Waals surface area contributed by atoms with E-state index in [1.54, 1.807) is 25.3 Å². The van der Waals surface area contributed by atoms with Crippen LogP contribution in [-0.2, 0) is 16.0 Å². The molecule has 5 heteroatoms. The molecule has 0 aliphatic rings. The molecule has 0 fully saturated rings. The molecule has 2 N–H and O–H groups in total. The minimum absolute atomic E-state index is 0.0213. The normalized spacial score (nSPS) is 12.2. The first-order valence-corrected chi connectivity index (χ1v) is 6.54. The fourth-order valence-electron chi connectivity index (χ4n) is 1.79. The first-order valence-electron chi connectivity index (χ1n) is 6.54. The van der Waals surface area contributed by atoms with Gasteiger partial charge in [-0.3, -0.25) is 9.78 Å². The molecule has 0 spiro atoms. The van der Waals surface area contributed by atoms with Gasteiger partial charge in [-0.2, -0.15) is 0 Å². The molecular weight excluding hydrogens is 242 g/mol. The first kappa shape index (κ1) is 15.6. The van der Waals surface area contributed by atoms with E-state index in [0.29, 0.717) is 19.6 Å². The van der Waals surface area contributed by atoms with Crippen LogP contribution in [0.4, 0.5) is 0 Å². The van der Waals surface area contributed by atoms with Crippen molar-refractivity contribution in [3.05, 3.63) is 30.1 Å². The summed E-state index contributed by atoms with van der Waals surface area (Å²) in [7, 11) is 3.42. The van der Waals surface area contributed by atoms with Crippen LogP contribution in [0, 0.1) is 0 Å². The van der Waals surface area contributed by atoms with Gasteiger partial charge in [-0.05, 0) is 25.0 Å². The van der Waals surface area contributed by atoms with Gasteiger partial charge in [0.2, 0.25) is 5.91 Å². The third-order valence-corrected chi connectivity index (χ3v) is 2.99. The molecule has 0 bridgehead atoms. The van der Waals surface area contributed by atoms with E-state index < -0.39 is 6.04 Å². The van der Waals surface area contributed by atoms with E-state index in [0.717, 1.165) is 18.5 Å². The van der Waals surface area contributed by atoms with Gasteiger partial charge in [0.15, 0.2) is 0 Å². The van der Waals surface area contributed by atoms with Crippen molar-refractivity contribution in [1.29, 1.82) is 0 Å². The standard InChI is InChI=1S/C14H23N3O2/c1-17(10-8-12-6-3-4-9-16-12)14(18)13(15)7-5-11-19-2/h3-4,6,9,13H,5,7-8,10-11,15H2,1-2H3. The van der Waals surface area contributed by atoms with Gasteiger partial charge in [0.1, 0.15) is 0 Å². The topological polar surface area (TPSA) is 68.5 Å². The lowest BCUT2D eigenvalue weighted by Gasteiger charge is -2.21. The number of hydrogen-bond acceptors (Lipinski definition) is 4. The zero-order chi connectivity index (χ0) is 14.1. The highest BCUT2D eigenvalue weighted by Crippen LogP contribution is 2.01. The zero-order valence-corrected chi connectivity index (χ0v) is 11.7. The van der Waals surface area contributed by atoms with Crippen molar-refractivity contribution in [2.75, 3.05) is 27.3 Å². The van der Waals surface area contributed by atoms with Crippen molar-refractivity contribution in [3.8, 4) is 0 Å². The summed E-state index contributed by atoms with van der Waals surface area (Å²) in [5.74, 6) is -0.0213. The highest BCUT2D eigenvalue weighted by Gasteiger charge is 2.17. The first-order chi connectivity index (χ1) is 9.15. The largest absolute Gasteiger partial charge is 0.385 e. The average Bonchev–Trinajstić information content (AvgIpc) is 2.45. The Hall–Kier alpha value is -1.46. The van der Waals surface area contributed by atoms with Crippen molar-refractivity contribution in [2.24, 2.45) is 5.73 Å². The third kappa shape index (κ3) is 5.81. The molecule has 106 valence electrons. The van der Waals surface area contributed by atoms with E-state index in [1.807, 2.05) is 18.2 Å². The van der Waals surface area contributed by atoms with Gasteiger partial charge in [0.25, 0.3) is 0 Å². The Bertz CT molecular complexity index is 370. The smallest absolute Gasteiger partial charge is 0.239 e. The van der Waals surface area contributed by atoms with Crippen LogP contribution in [0.1, 0.15) is 18.5 Å². The number of rotatable bonds is 8. The molecule has 1 rings (SSSR count). The summed E-state index contributed by atoms with van der Waals surface area (Å²) in [4.78, 5) is 17.9. The molecule has 1 amide bonds. The number of hydrogen-bond donors (Lipinski definition) is 1. The monoisotopic (exact) mass is 265 g/mol. The number of amides is 1. The molecular formula is C14H23N3O2. The van der Waals surface area contributed by atoms with Gasteiger partial charge < -0.3 is 15.4 Å². The fraction of sp³-hybridized carbons (Fsp3) is 0.571. The summed E-state index contributed by atoms with van der Waals surface area (Å²) >= 11 is 0. The molecule has 1 atom stereocenters. The molecule has 0 aliphatic heterocycles. The quantitative estimate of drug-likeness (QED) is 0.707. The number of carbonyl (C=O) groups is 1. The van der Waals surface area contributed by atoms with Crippen LogP contribution in [0.5, 0.6) is 0 Å². The number of nitrogens with two attached hydrogens (primary N) is 1. The number of methoxy groups -OCH3 is 1. The van der Waals surface area contributed by atoms with E-state index in [-0.39, 0.29) is 5.91 Å². The van der Waals surface area contributed by atoms with Crippen molar-refractivity contribution < 1.29 is 9.53 Å². The van der Waals surface area contributed by atoms with Crippen molar-refractivity contribution >= 4 is 5.91 Å². The Morgan fingerprint density at radius 2 is 2.32 bits per heavy atom. The molecule has 0 saturated carbocycles. The van der Waals surface area contributed by atoms with Crippen molar-refractivity contribution in [2.45, 2.75) is 25.3 Å². The molecule has 19 heavy (non-hydrogen) atoms. The molecule has 5 nitrogen and oxygen atoms in total.